The van der Waals surface area contributed by atoms with Gasteiger partial charge in [0.15, 0.2) is 0 Å². The topological polar surface area (TPSA) is 29.1 Å². The van der Waals surface area contributed by atoms with Crippen molar-refractivity contribution in [1.82, 2.24) is 5.32 Å². The molecule has 86 valence electrons. The number of amides is 1. The van der Waals surface area contributed by atoms with Crippen LogP contribution < -0.4 is 5.32 Å². The van der Waals surface area contributed by atoms with Gasteiger partial charge in [0.25, 0.3) is 0 Å². The molecule has 0 bridgehead atoms. The number of carbonyl (C=O) groups is 1. The highest BCUT2D eigenvalue weighted by molar-refractivity contribution is 6.30. The van der Waals surface area contributed by atoms with Crippen molar-refractivity contribution >= 4 is 17.5 Å². The predicted octanol–water partition coefficient (Wildman–Crippen LogP) is 2.51. The number of benzene rings is 1. The van der Waals surface area contributed by atoms with Crippen molar-refractivity contribution < 1.29 is 4.79 Å². The third kappa shape index (κ3) is 2.99. The van der Waals surface area contributed by atoms with E-state index < -0.39 is 5.38 Å². The first-order valence-corrected chi connectivity index (χ1v) is 6.18. The number of hydrogen-bond acceptors (Lipinski definition) is 1. The first-order chi connectivity index (χ1) is 7.75. The first kappa shape index (κ1) is 11.5. The smallest absolute Gasteiger partial charge is 0.238 e. The van der Waals surface area contributed by atoms with Crippen LogP contribution in [0.25, 0.3) is 0 Å². The molecule has 2 rings (SSSR count). The maximum absolute atomic E-state index is 11.7. The van der Waals surface area contributed by atoms with E-state index in [0.717, 1.165) is 18.4 Å². The summed E-state index contributed by atoms with van der Waals surface area (Å²) in [6, 6.07) is 10.2. The van der Waals surface area contributed by atoms with Gasteiger partial charge in [-0.1, -0.05) is 30.3 Å². The van der Waals surface area contributed by atoms with Gasteiger partial charge in [0.05, 0.1) is 0 Å². The summed E-state index contributed by atoms with van der Waals surface area (Å²) in [5, 5.41) is 2.51. The highest BCUT2D eigenvalue weighted by atomic mass is 35.5. The lowest BCUT2D eigenvalue weighted by Crippen LogP contribution is -2.43. The van der Waals surface area contributed by atoms with Gasteiger partial charge in [-0.05, 0) is 31.2 Å². The Morgan fingerprint density at radius 1 is 1.38 bits per heavy atom. The van der Waals surface area contributed by atoms with E-state index in [-0.39, 0.29) is 5.91 Å². The van der Waals surface area contributed by atoms with E-state index in [0.29, 0.717) is 12.5 Å². The van der Waals surface area contributed by atoms with Crippen molar-refractivity contribution in [3.8, 4) is 0 Å². The van der Waals surface area contributed by atoms with Crippen LogP contribution in [0.5, 0.6) is 0 Å². The Hall–Kier alpha value is -1.02. The first-order valence-electron chi connectivity index (χ1n) is 5.74. The molecule has 0 aromatic heterocycles. The minimum atomic E-state index is -0.456. The molecule has 2 nitrogen and oxygen atoms in total. The van der Waals surface area contributed by atoms with Crippen LogP contribution in [0.4, 0.5) is 0 Å². The van der Waals surface area contributed by atoms with E-state index in [1.807, 2.05) is 30.3 Å². The molecule has 1 fully saturated rings. The summed E-state index contributed by atoms with van der Waals surface area (Å²) in [6.45, 7) is 0. The van der Waals surface area contributed by atoms with Gasteiger partial charge in [0.1, 0.15) is 5.38 Å². The molecular formula is C13H16ClNO. The monoisotopic (exact) mass is 237 g/mol. The van der Waals surface area contributed by atoms with Crippen molar-refractivity contribution in [2.75, 3.05) is 0 Å². The van der Waals surface area contributed by atoms with E-state index in [1.54, 1.807) is 0 Å². The molecule has 0 saturated heterocycles. The summed E-state index contributed by atoms with van der Waals surface area (Å²) in [4.78, 5) is 11.7. The van der Waals surface area contributed by atoms with Gasteiger partial charge in [-0.25, -0.2) is 0 Å². The summed E-state index contributed by atoms with van der Waals surface area (Å²) >= 11 is 6.08. The average molecular weight is 238 g/mol. The number of nitrogens with one attached hydrogen (secondary N) is 1. The summed E-state index contributed by atoms with van der Waals surface area (Å²) in [7, 11) is 0. The molecule has 1 aliphatic rings. The van der Waals surface area contributed by atoms with Crippen LogP contribution in [-0.2, 0) is 11.2 Å². The molecule has 1 aromatic rings. The SMILES string of the molecule is O=C(NC1CCC1)C(Cl)Cc1ccccc1. The molecule has 3 heteroatoms. The van der Waals surface area contributed by atoms with Gasteiger partial charge < -0.3 is 5.32 Å². The van der Waals surface area contributed by atoms with Crippen molar-refractivity contribution in [3.63, 3.8) is 0 Å². The molecular weight excluding hydrogens is 222 g/mol. The highest BCUT2D eigenvalue weighted by Crippen LogP contribution is 2.19. The number of rotatable bonds is 4. The Balaban J connectivity index is 1.82. The summed E-state index contributed by atoms with van der Waals surface area (Å²) in [6.07, 6.45) is 4.01. The van der Waals surface area contributed by atoms with Crippen LogP contribution in [-0.4, -0.2) is 17.3 Å². The van der Waals surface area contributed by atoms with Gasteiger partial charge in [-0.15, -0.1) is 11.6 Å². The molecule has 0 heterocycles. The third-order valence-corrected chi connectivity index (χ3v) is 3.35. The normalized spacial score (nSPS) is 17.6. The van der Waals surface area contributed by atoms with E-state index in [9.17, 15) is 4.79 Å². The molecule has 0 aliphatic heterocycles. The molecule has 0 spiro atoms. The second-order valence-corrected chi connectivity index (χ2v) is 4.82. The Bertz CT molecular complexity index is 348. The van der Waals surface area contributed by atoms with Crippen molar-refractivity contribution in [2.24, 2.45) is 0 Å². The Labute approximate surface area is 101 Å². The summed E-state index contributed by atoms with van der Waals surface area (Å²) in [5.74, 6) is -0.0322. The zero-order valence-corrected chi connectivity index (χ0v) is 9.91. The highest BCUT2D eigenvalue weighted by Gasteiger charge is 2.23. The molecule has 1 amide bonds. The summed E-state index contributed by atoms with van der Waals surface area (Å²) < 4.78 is 0. The Morgan fingerprint density at radius 3 is 2.62 bits per heavy atom. The molecule has 1 unspecified atom stereocenters. The molecule has 1 N–H and O–H groups in total. The second-order valence-electron chi connectivity index (χ2n) is 4.29. The molecule has 1 aliphatic carbocycles. The van der Waals surface area contributed by atoms with E-state index in [2.05, 4.69) is 5.32 Å². The number of hydrogen-bond donors (Lipinski definition) is 1. The van der Waals surface area contributed by atoms with Crippen LogP contribution in [0.2, 0.25) is 0 Å². The minimum Gasteiger partial charge on any atom is -0.352 e. The van der Waals surface area contributed by atoms with E-state index in [1.165, 1.54) is 6.42 Å². The maximum atomic E-state index is 11.7. The fraction of sp³-hybridized carbons (Fsp3) is 0.462. The van der Waals surface area contributed by atoms with Gasteiger partial charge in [-0.3, -0.25) is 4.79 Å². The average Bonchev–Trinajstić information content (AvgIpc) is 2.24. The lowest BCUT2D eigenvalue weighted by Gasteiger charge is -2.27. The fourth-order valence-electron chi connectivity index (χ4n) is 1.76. The largest absolute Gasteiger partial charge is 0.352 e. The van der Waals surface area contributed by atoms with Gasteiger partial charge >= 0.3 is 0 Å². The summed E-state index contributed by atoms with van der Waals surface area (Å²) in [5.41, 5.74) is 1.10. The van der Waals surface area contributed by atoms with Gasteiger partial charge in [0.2, 0.25) is 5.91 Å². The fourth-order valence-corrected chi connectivity index (χ4v) is 2.00. The van der Waals surface area contributed by atoms with Crippen LogP contribution >= 0.6 is 11.6 Å². The van der Waals surface area contributed by atoms with E-state index in [4.69, 9.17) is 11.6 Å². The van der Waals surface area contributed by atoms with Crippen molar-refractivity contribution in [1.29, 1.82) is 0 Å². The van der Waals surface area contributed by atoms with Crippen molar-refractivity contribution in [3.05, 3.63) is 35.9 Å². The molecule has 1 atom stereocenters. The molecule has 0 radical (unpaired) electrons. The third-order valence-electron chi connectivity index (χ3n) is 2.99. The van der Waals surface area contributed by atoms with Crippen LogP contribution in [0, 0.1) is 0 Å². The van der Waals surface area contributed by atoms with Crippen LogP contribution in [0.15, 0.2) is 30.3 Å². The Morgan fingerprint density at radius 2 is 2.06 bits per heavy atom. The van der Waals surface area contributed by atoms with Crippen LogP contribution in [0.3, 0.4) is 0 Å². The maximum Gasteiger partial charge on any atom is 0.238 e. The van der Waals surface area contributed by atoms with Crippen molar-refractivity contribution in [2.45, 2.75) is 37.1 Å². The molecule has 16 heavy (non-hydrogen) atoms. The van der Waals surface area contributed by atoms with Crippen LogP contribution in [0.1, 0.15) is 24.8 Å². The zero-order valence-electron chi connectivity index (χ0n) is 9.16. The van der Waals surface area contributed by atoms with Gasteiger partial charge in [-0.2, -0.15) is 0 Å². The number of halogens is 1. The Kier molecular flexibility index (Phi) is 3.83. The lowest BCUT2D eigenvalue weighted by molar-refractivity contribution is -0.121. The predicted molar refractivity (Wildman–Crippen MR) is 65.6 cm³/mol. The molecule has 1 saturated carbocycles. The quantitative estimate of drug-likeness (QED) is 0.801. The lowest BCUT2D eigenvalue weighted by atomic mass is 9.93. The van der Waals surface area contributed by atoms with Gasteiger partial charge in [0, 0.05) is 6.04 Å². The number of alkyl halides is 1. The number of carbonyl (C=O) groups excluding carboxylic acids is 1. The zero-order chi connectivity index (χ0) is 11.4. The minimum absolute atomic E-state index is 0.0322. The van der Waals surface area contributed by atoms with E-state index >= 15 is 0 Å². The second kappa shape index (κ2) is 5.35. The molecule has 1 aromatic carbocycles. The standard InChI is InChI=1S/C13H16ClNO/c14-12(9-10-5-2-1-3-6-10)13(16)15-11-7-4-8-11/h1-3,5-6,11-12H,4,7-9H2,(H,15,16).